The van der Waals surface area contributed by atoms with Gasteiger partial charge in [-0.3, -0.25) is 0 Å². The summed E-state index contributed by atoms with van der Waals surface area (Å²) in [6, 6.07) is 0.824. The molecule has 0 rings (SSSR count). The van der Waals surface area contributed by atoms with Crippen LogP contribution in [0.1, 0.15) is 156 Å². The number of unbranched alkanes of at least 4 members (excludes halogenated alkanes) is 17. The third-order valence-electron chi connectivity index (χ3n) is 8.10. The van der Waals surface area contributed by atoms with Crippen LogP contribution in [0.2, 0.25) is 6.04 Å². The molecule has 0 fully saturated rings. The van der Waals surface area contributed by atoms with Gasteiger partial charge in [-0.1, -0.05) is 129 Å². The van der Waals surface area contributed by atoms with Crippen LogP contribution in [0, 0.1) is 5.92 Å². The van der Waals surface area contributed by atoms with Crippen LogP contribution in [0.5, 0.6) is 0 Å². The van der Waals surface area contributed by atoms with E-state index < -0.39 is 8.80 Å². The number of hydrogen-bond donors (Lipinski definition) is 1. The first-order chi connectivity index (χ1) is 16.9. The van der Waals surface area contributed by atoms with E-state index >= 15 is 0 Å². The van der Waals surface area contributed by atoms with Crippen molar-refractivity contribution in [3.05, 3.63) is 0 Å². The monoisotopic (exact) mass is 551 g/mol. The zero-order valence-electron chi connectivity index (χ0n) is 25.4. The number of rotatable bonds is 27. The molecule has 36 heavy (non-hydrogen) atoms. The zero-order chi connectivity index (χ0) is 26.3. The fraction of sp³-hybridized carbons (Fsp3) is 1.00. The summed E-state index contributed by atoms with van der Waals surface area (Å²) in [5.41, 5.74) is 0. The van der Waals surface area contributed by atoms with Gasteiger partial charge in [-0.05, 0) is 32.1 Å². The van der Waals surface area contributed by atoms with E-state index in [0.717, 1.165) is 18.9 Å². The summed E-state index contributed by atoms with van der Waals surface area (Å²) >= 11 is 6.92. The minimum atomic E-state index is -2.48. The van der Waals surface area contributed by atoms with Crippen LogP contribution in [-0.2, 0) is 13.3 Å². The van der Waals surface area contributed by atoms with Crippen molar-refractivity contribution in [3.8, 4) is 0 Å². The van der Waals surface area contributed by atoms with Gasteiger partial charge >= 0.3 is 8.80 Å². The molecule has 0 amide bonds. The van der Waals surface area contributed by atoms with Crippen LogP contribution < -0.4 is 6.15 Å². The molecule has 0 saturated carbocycles. The predicted molar refractivity (Wildman–Crippen MR) is 163 cm³/mol. The first kappa shape index (κ1) is 38.5. The SMILES string of the molecule is CCCCCCCCCCCCCCCCCCCCC(C)C(C)(Cl)CCC[Si](OC)(OC)OC.N. The third kappa shape index (κ3) is 20.3. The van der Waals surface area contributed by atoms with Crippen molar-refractivity contribution in [1.82, 2.24) is 6.15 Å². The average molecular weight is 552 g/mol. The van der Waals surface area contributed by atoms with Gasteiger partial charge in [0.2, 0.25) is 0 Å². The Kier molecular flexibility index (Phi) is 27.4. The summed E-state index contributed by atoms with van der Waals surface area (Å²) in [5, 5.41) is 0. The molecule has 0 aliphatic heterocycles. The smallest absolute Gasteiger partial charge is 0.377 e. The van der Waals surface area contributed by atoms with Crippen molar-refractivity contribution in [2.75, 3.05) is 21.3 Å². The minimum absolute atomic E-state index is 0. The van der Waals surface area contributed by atoms with E-state index in [9.17, 15) is 0 Å². The Bertz CT molecular complexity index is 442. The summed E-state index contributed by atoms with van der Waals surface area (Å²) in [5.74, 6) is 0.522. The molecule has 4 nitrogen and oxygen atoms in total. The molecule has 0 radical (unpaired) electrons. The molecule has 220 valence electrons. The molecule has 6 heteroatoms. The largest absolute Gasteiger partial charge is 0.500 e. The average Bonchev–Trinajstić information content (AvgIpc) is 2.86. The molecular formula is C30H66ClNO3Si. The lowest BCUT2D eigenvalue weighted by molar-refractivity contribution is 0.122. The van der Waals surface area contributed by atoms with Gasteiger partial charge in [0.1, 0.15) is 0 Å². The van der Waals surface area contributed by atoms with Crippen LogP contribution >= 0.6 is 11.6 Å². The van der Waals surface area contributed by atoms with Crippen molar-refractivity contribution < 1.29 is 13.3 Å². The molecule has 0 saturated heterocycles. The Hall–Kier alpha value is 0.347. The highest BCUT2D eigenvalue weighted by atomic mass is 35.5. The highest BCUT2D eigenvalue weighted by Gasteiger charge is 2.38. The normalized spacial score (nSPS) is 14.4. The third-order valence-corrected chi connectivity index (χ3v) is 11.5. The molecule has 0 heterocycles. The van der Waals surface area contributed by atoms with E-state index in [-0.39, 0.29) is 11.0 Å². The highest BCUT2D eigenvalue weighted by molar-refractivity contribution is 6.60. The molecule has 0 aromatic rings. The quantitative estimate of drug-likeness (QED) is 0.0626. The molecule has 0 aromatic heterocycles. The van der Waals surface area contributed by atoms with Crippen molar-refractivity contribution >= 4 is 20.4 Å². The second-order valence-electron chi connectivity index (χ2n) is 11.1. The van der Waals surface area contributed by atoms with Crippen molar-refractivity contribution in [2.45, 2.75) is 167 Å². The highest BCUT2D eigenvalue weighted by Crippen LogP contribution is 2.35. The molecule has 0 aromatic carbocycles. The summed E-state index contributed by atoms with van der Waals surface area (Å²) < 4.78 is 16.6. The molecule has 0 aliphatic rings. The lowest BCUT2D eigenvalue weighted by Crippen LogP contribution is -2.43. The maximum absolute atomic E-state index is 6.92. The Balaban J connectivity index is 0. The lowest BCUT2D eigenvalue weighted by Gasteiger charge is -2.31. The molecule has 0 bridgehead atoms. The second kappa shape index (κ2) is 25.6. The van der Waals surface area contributed by atoms with Gasteiger partial charge in [0, 0.05) is 32.2 Å². The summed E-state index contributed by atoms with van der Waals surface area (Å²) in [4.78, 5) is -0.163. The van der Waals surface area contributed by atoms with Crippen LogP contribution in [0.25, 0.3) is 0 Å². The molecule has 0 aliphatic carbocycles. The first-order valence-electron chi connectivity index (χ1n) is 15.2. The van der Waals surface area contributed by atoms with Gasteiger partial charge < -0.3 is 19.4 Å². The van der Waals surface area contributed by atoms with Crippen LogP contribution in [-0.4, -0.2) is 35.0 Å². The molecule has 2 unspecified atom stereocenters. The van der Waals surface area contributed by atoms with Gasteiger partial charge in [-0.15, -0.1) is 11.6 Å². The maximum atomic E-state index is 6.92. The number of alkyl halides is 1. The molecular weight excluding hydrogens is 486 g/mol. The lowest BCUT2D eigenvalue weighted by atomic mass is 9.86. The Morgan fingerprint density at radius 3 is 1.28 bits per heavy atom. The fourth-order valence-electron chi connectivity index (χ4n) is 5.11. The van der Waals surface area contributed by atoms with Crippen LogP contribution in [0.4, 0.5) is 0 Å². The topological polar surface area (TPSA) is 62.7 Å². The minimum Gasteiger partial charge on any atom is -0.377 e. The summed E-state index contributed by atoms with van der Waals surface area (Å²) in [6.45, 7) is 6.81. The summed E-state index contributed by atoms with van der Waals surface area (Å²) in [7, 11) is 2.57. The number of halogens is 1. The zero-order valence-corrected chi connectivity index (χ0v) is 27.2. The van der Waals surface area contributed by atoms with E-state index in [0.29, 0.717) is 5.92 Å². The van der Waals surface area contributed by atoms with Crippen molar-refractivity contribution in [2.24, 2.45) is 5.92 Å². The van der Waals surface area contributed by atoms with E-state index in [1.807, 2.05) is 0 Å². The van der Waals surface area contributed by atoms with E-state index in [1.54, 1.807) is 21.3 Å². The molecule has 3 N–H and O–H groups in total. The Morgan fingerprint density at radius 2 is 0.944 bits per heavy atom. The Labute approximate surface area is 233 Å². The van der Waals surface area contributed by atoms with Gasteiger partial charge in [0.25, 0.3) is 0 Å². The summed E-state index contributed by atoms with van der Waals surface area (Å²) in [6.07, 6.45) is 28.8. The van der Waals surface area contributed by atoms with E-state index in [1.165, 1.54) is 122 Å². The van der Waals surface area contributed by atoms with Gasteiger partial charge in [0.05, 0.1) is 0 Å². The molecule has 0 spiro atoms. The second-order valence-corrected chi connectivity index (χ2v) is 15.1. The van der Waals surface area contributed by atoms with Crippen molar-refractivity contribution in [1.29, 1.82) is 0 Å². The number of hydrogen-bond acceptors (Lipinski definition) is 4. The van der Waals surface area contributed by atoms with Gasteiger partial charge in [0.15, 0.2) is 0 Å². The van der Waals surface area contributed by atoms with Crippen molar-refractivity contribution in [3.63, 3.8) is 0 Å². The van der Waals surface area contributed by atoms with Crippen LogP contribution in [0.15, 0.2) is 0 Å². The standard InChI is InChI=1S/C30H63ClO3Si.H3N/c1-7-8-9-10-11-12-13-14-15-16-17-18-19-20-21-22-23-24-26-29(2)30(3,31)27-25-28-35(32-4,33-5)34-6;/h29H,7-28H2,1-6H3;1H3. The first-order valence-corrected chi connectivity index (χ1v) is 17.5. The maximum Gasteiger partial charge on any atom is 0.500 e. The van der Waals surface area contributed by atoms with Gasteiger partial charge in [-0.2, -0.15) is 0 Å². The van der Waals surface area contributed by atoms with Crippen LogP contribution in [0.3, 0.4) is 0 Å². The van der Waals surface area contributed by atoms with E-state index in [2.05, 4.69) is 20.8 Å². The predicted octanol–water partition coefficient (Wildman–Crippen LogP) is 10.9. The van der Waals surface area contributed by atoms with E-state index in [4.69, 9.17) is 24.9 Å². The Morgan fingerprint density at radius 1 is 0.611 bits per heavy atom. The molecule has 2 atom stereocenters. The van der Waals surface area contributed by atoms with Gasteiger partial charge in [-0.25, -0.2) is 0 Å². The fourth-order valence-corrected chi connectivity index (χ4v) is 7.07.